The van der Waals surface area contributed by atoms with E-state index in [0.29, 0.717) is 9.34 Å². The second-order valence-corrected chi connectivity index (χ2v) is 3.94. The van der Waals surface area contributed by atoms with Gasteiger partial charge in [0.1, 0.15) is 5.10 Å². The predicted octanol–water partition coefficient (Wildman–Crippen LogP) is 0.653. The summed E-state index contributed by atoms with van der Waals surface area (Å²) in [5.74, 6) is -0.454. The highest BCUT2D eigenvalue weighted by molar-refractivity contribution is 7.15. The van der Waals surface area contributed by atoms with Crippen molar-refractivity contribution in [1.29, 1.82) is 0 Å². The lowest BCUT2D eigenvalue weighted by atomic mass is 10.6. The van der Waals surface area contributed by atoms with Crippen molar-refractivity contribution in [1.82, 2.24) is 15.6 Å². The first-order valence-electron chi connectivity index (χ1n) is 5.11. The number of aromatic nitrogens is 1. The van der Waals surface area contributed by atoms with Crippen LogP contribution in [-0.2, 0) is 6.54 Å². The summed E-state index contributed by atoms with van der Waals surface area (Å²) in [6, 6.07) is 0. The van der Waals surface area contributed by atoms with Crippen molar-refractivity contribution < 1.29 is 9.14 Å². The van der Waals surface area contributed by atoms with E-state index in [4.69, 9.17) is 15.7 Å². The van der Waals surface area contributed by atoms with E-state index in [1.165, 1.54) is 17.5 Å². The molecule has 1 heterocycles. The van der Waals surface area contributed by atoms with Gasteiger partial charge < -0.3 is 10.6 Å². The number of halogens is 1. The number of nitro groups is 1. The van der Waals surface area contributed by atoms with Gasteiger partial charge in [0.15, 0.2) is 9.50 Å². The molecule has 7 nitrogen and oxygen atoms in total. The summed E-state index contributed by atoms with van der Waals surface area (Å²) >= 11 is 6.77. The van der Waals surface area contributed by atoms with Crippen molar-refractivity contribution in [3.8, 4) is 0 Å². The molecule has 0 unspecified atom stereocenters. The smallest absolute Gasteiger partial charge is 0.268 e. The van der Waals surface area contributed by atoms with Crippen LogP contribution in [0.2, 0.25) is 4.47 Å². The molecule has 0 aliphatic rings. The number of nitrogens with one attached hydrogen (secondary N) is 2. The minimum atomic E-state index is -2.58. The van der Waals surface area contributed by atoms with Crippen molar-refractivity contribution in [3.05, 3.63) is 25.7 Å². The van der Waals surface area contributed by atoms with Crippen LogP contribution in [0.25, 0.3) is 0 Å². The van der Waals surface area contributed by atoms with Crippen molar-refractivity contribution >= 4 is 28.9 Å². The molecule has 0 aliphatic heterocycles. The molecule has 15 heavy (non-hydrogen) atoms. The van der Waals surface area contributed by atoms with Gasteiger partial charge in [0.2, 0.25) is 0 Å². The van der Waals surface area contributed by atoms with Crippen molar-refractivity contribution in [3.63, 3.8) is 0 Å². The summed E-state index contributed by atoms with van der Waals surface area (Å²) in [6.45, 7) is -2.45. The molecule has 0 atom stereocenters. The summed E-state index contributed by atoms with van der Waals surface area (Å²) in [4.78, 5) is 14.7. The monoisotopic (exact) mass is 253 g/mol. The van der Waals surface area contributed by atoms with Crippen LogP contribution in [0.15, 0.2) is 11.3 Å². The van der Waals surface area contributed by atoms with Gasteiger partial charge in [-0.1, -0.05) is 11.6 Å². The lowest BCUT2D eigenvalue weighted by Crippen LogP contribution is -2.34. The molecule has 2 N–H and O–H groups in total. The fraction of sp³-hybridized carbons (Fsp3) is 0.333. The molecule has 0 aromatic carbocycles. The molecule has 1 aromatic rings. The summed E-state index contributed by atoms with van der Waals surface area (Å²) in [5.41, 5.74) is 0. The maximum atomic E-state index is 10.2. The predicted molar refractivity (Wildman–Crippen MR) is 57.5 cm³/mol. The van der Waals surface area contributed by atoms with Gasteiger partial charge in [0.25, 0.3) is 5.96 Å². The Kier molecular flexibility index (Phi) is 2.85. The number of rotatable bonds is 3. The third-order valence-corrected chi connectivity index (χ3v) is 2.37. The molecule has 0 aliphatic carbocycles. The number of guanidine groups is 1. The highest BCUT2D eigenvalue weighted by Crippen LogP contribution is 2.16. The molecule has 0 saturated heterocycles. The molecule has 1 aromatic heterocycles. The molecule has 0 radical (unpaired) electrons. The topological polar surface area (TPSA) is 92.5 Å². The van der Waals surface area contributed by atoms with Gasteiger partial charge >= 0.3 is 0 Å². The Bertz CT molecular complexity index is 462. The van der Waals surface area contributed by atoms with Crippen molar-refractivity contribution in [2.45, 2.75) is 6.54 Å². The van der Waals surface area contributed by atoms with E-state index in [1.807, 2.05) is 5.32 Å². The first-order valence-corrected chi connectivity index (χ1v) is 4.81. The Balaban J connectivity index is 2.65. The normalized spacial score (nSPS) is 15.0. The first-order chi connectivity index (χ1) is 8.26. The van der Waals surface area contributed by atoms with Crippen LogP contribution in [-0.4, -0.2) is 23.0 Å². The second kappa shape index (κ2) is 5.47. The molecule has 0 amide bonds. The van der Waals surface area contributed by atoms with Gasteiger partial charge in [-0.25, -0.2) is 15.1 Å². The minimum absolute atomic E-state index is 0.125. The van der Waals surface area contributed by atoms with Crippen molar-refractivity contribution in [2.24, 2.45) is 5.10 Å². The molecule has 1 rings (SSSR count). The maximum absolute atomic E-state index is 10.2. The van der Waals surface area contributed by atoms with Gasteiger partial charge in [-0.15, -0.1) is 11.3 Å². The van der Waals surface area contributed by atoms with Crippen LogP contribution in [0.3, 0.4) is 0 Å². The van der Waals surface area contributed by atoms with Crippen LogP contribution in [0.4, 0.5) is 0 Å². The van der Waals surface area contributed by atoms with Crippen LogP contribution in [0.5, 0.6) is 0 Å². The summed E-state index contributed by atoms with van der Waals surface area (Å²) in [6.07, 6.45) is 1.47. The van der Waals surface area contributed by atoms with Gasteiger partial charge in [-0.2, -0.15) is 0 Å². The van der Waals surface area contributed by atoms with Crippen LogP contribution < -0.4 is 10.6 Å². The molecule has 0 spiro atoms. The number of hydrazone groups is 1. The molecule has 0 fully saturated rings. The van der Waals surface area contributed by atoms with Gasteiger partial charge in [0, 0.05) is 22.2 Å². The third-order valence-electron chi connectivity index (χ3n) is 1.26. The van der Waals surface area contributed by atoms with E-state index in [9.17, 15) is 10.1 Å². The molecule has 0 saturated carbocycles. The zero-order valence-corrected chi connectivity index (χ0v) is 8.80. The van der Waals surface area contributed by atoms with Crippen LogP contribution >= 0.6 is 22.9 Å². The number of hydrogen-bond acceptors (Lipinski definition) is 4. The fourth-order valence-corrected chi connectivity index (χ4v) is 1.64. The number of nitrogens with zero attached hydrogens (tertiary/aromatic N) is 3. The fourth-order valence-electron chi connectivity index (χ4n) is 0.722. The average Bonchev–Trinajstić information content (AvgIpc) is 2.57. The van der Waals surface area contributed by atoms with E-state index >= 15 is 0 Å². The quantitative estimate of drug-likeness (QED) is 0.271. The van der Waals surface area contributed by atoms with E-state index < -0.39 is 18.0 Å². The Labute approximate surface area is 98.5 Å². The highest BCUT2D eigenvalue weighted by Gasteiger charge is 2.04. The standard InChI is InChI=1S/C6H8ClN5O2S/c1-8-6(11-12(13)14)10-3-4-2-9-5(7)15-4/h2H,3H2,1H3,(H2,8,10,11)/i1D3,6+1. The molecule has 9 heteroatoms. The second-order valence-electron chi connectivity index (χ2n) is 2.24. The van der Waals surface area contributed by atoms with Gasteiger partial charge in [0.05, 0.1) is 6.54 Å². The lowest BCUT2D eigenvalue weighted by Gasteiger charge is -2.02. The van der Waals surface area contributed by atoms with Gasteiger partial charge in [-0.3, -0.25) is 0 Å². The Morgan fingerprint density at radius 2 is 2.80 bits per heavy atom. The van der Waals surface area contributed by atoms with E-state index in [0.717, 1.165) is 0 Å². The molecule has 0 bridgehead atoms. The largest absolute Gasteiger partial charge is 0.354 e. The SMILES string of the molecule is [2H]C([2H])([2H])N/[13C](=N\[N+](=O)[O-])NCc1cnc(Cl)s1. The number of hydrogen-bond donors (Lipinski definition) is 2. The van der Waals surface area contributed by atoms with Gasteiger partial charge in [-0.05, 0) is 0 Å². The van der Waals surface area contributed by atoms with Crippen molar-refractivity contribution in [2.75, 3.05) is 6.98 Å². The summed E-state index contributed by atoms with van der Waals surface area (Å²) in [5, 5.41) is 16.5. The first kappa shape index (κ1) is 7.83. The summed E-state index contributed by atoms with van der Waals surface area (Å²) < 4.78 is 21.1. The lowest BCUT2D eigenvalue weighted by molar-refractivity contribution is -0.485. The van der Waals surface area contributed by atoms with E-state index in [-0.39, 0.29) is 6.54 Å². The molecule has 82 valence electrons. The van der Waals surface area contributed by atoms with Crippen LogP contribution in [0.1, 0.15) is 8.99 Å². The zero-order valence-electron chi connectivity index (χ0n) is 10.2. The third kappa shape index (κ3) is 4.09. The van der Waals surface area contributed by atoms with Crippen LogP contribution in [0, 0.1) is 10.1 Å². The Morgan fingerprint density at radius 1 is 2.00 bits per heavy atom. The summed E-state index contributed by atoms with van der Waals surface area (Å²) in [7, 11) is 0. The maximum Gasteiger partial charge on any atom is 0.268 e. The zero-order chi connectivity index (χ0) is 13.8. The Morgan fingerprint density at radius 3 is 3.33 bits per heavy atom. The average molecular weight is 254 g/mol. The Hall–Kier alpha value is -1.41. The van der Waals surface area contributed by atoms with E-state index in [2.05, 4.69) is 15.4 Å². The highest BCUT2D eigenvalue weighted by atomic mass is 35.5. The minimum Gasteiger partial charge on any atom is -0.354 e. The molecular formula is C6H8ClN5O2S. The number of thiazole rings is 1. The van der Waals surface area contributed by atoms with E-state index in [1.54, 1.807) is 0 Å². The molecular weight excluding hydrogens is 243 g/mol.